The van der Waals surface area contributed by atoms with Crippen molar-refractivity contribution in [3.8, 4) is 17.1 Å². The number of ether oxygens (including phenoxy) is 1. The molecule has 0 radical (unpaired) electrons. The van der Waals surface area contributed by atoms with Crippen LogP contribution in [0.3, 0.4) is 0 Å². The van der Waals surface area contributed by atoms with Gasteiger partial charge in [0.1, 0.15) is 17.1 Å². The van der Waals surface area contributed by atoms with Crippen LogP contribution in [0.4, 0.5) is 0 Å². The summed E-state index contributed by atoms with van der Waals surface area (Å²) in [7, 11) is 3.14. The zero-order chi connectivity index (χ0) is 18.4. The highest BCUT2D eigenvalue weighted by Crippen LogP contribution is 2.31. The Kier molecular flexibility index (Phi) is 4.29. The summed E-state index contributed by atoms with van der Waals surface area (Å²) < 4.78 is 30.3. The molecule has 0 unspecified atom stereocenters. The Bertz CT molecular complexity index is 1130. The van der Waals surface area contributed by atoms with Crippen LogP contribution in [0.1, 0.15) is 12.6 Å². The molecular weight excluding hydrogens is 368 g/mol. The van der Waals surface area contributed by atoms with E-state index in [0.29, 0.717) is 34.6 Å². The van der Waals surface area contributed by atoms with Gasteiger partial charge in [0, 0.05) is 17.7 Å². The summed E-state index contributed by atoms with van der Waals surface area (Å²) >= 11 is 0. The van der Waals surface area contributed by atoms with E-state index in [2.05, 4.69) is 15.1 Å². The number of aryl methyl sites for hydroxylation is 2. The summed E-state index contributed by atoms with van der Waals surface area (Å²) in [6.45, 7) is 3.89. The van der Waals surface area contributed by atoms with E-state index in [1.165, 1.54) is 22.9 Å². The number of nitrogens with one attached hydrogen (secondary N) is 1. The average Bonchev–Trinajstić information content (AvgIpc) is 2.81. The molecule has 2 aromatic heterocycles. The molecule has 0 saturated carbocycles. The maximum absolute atomic E-state index is 12.4. The zero-order valence-electron chi connectivity index (χ0n) is 13.7. The molecule has 10 heteroatoms. The van der Waals surface area contributed by atoms with Crippen LogP contribution in [-0.4, -0.2) is 34.8 Å². The smallest absolute Gasteiger partial charge is 0.277 e. The lowest BCUT2D eigenvalue weighted by molar-refractivity contribution is 0.341. The molecule has 0 spiro atoms. The second kappa shape index (κ2) is 6.16. The summed E-state index contributed by atoms with van der Waals surface area (Å²) in [5.41, 5.74) is 1.29. The van der Waals surface area contributed by atoms with Gasteiger partial charge in [0.2, 0.25) is 0 Å². The first kappa shape index (κ1) is 17.4. The lowest BCUT2D eigenvalue weighted by atomic mass is 10.2. The van der Waals surface area contributed by atoms with Crippen molar-refractivity contribution in [3.05, 3.63) is 34.2 Å². The molecule has 0 atom stereocenters. The molecule has 0 aliphatic heterocycles. The van der Waals surface area contributed by atoms with Crippen LogP contribution in [0.25, 0.3) is 22.4 Å². The fourth-order valence-corrected chi connectivity index (χ4v) is 3.37. The van der Waals surface area contributed by atoms with Gasteiger partial charge >= 0.3 is 0 Å². The third-order valence-corrected chi connectivity index (χ3v) is 5.00. The molecule has 0 aliphatic rings. The lowest BCUT2D eigenvalue weighted by Crippen LogP contribution is -2.13. The average molecular weight is 383 g/mol. The van der Waals surface area contributed by atoms with E-state index >= 15 is 0 Å². The molecule has 0 bridgehead atoms. The van der Waals surface area contributed by atoms with Gasteiger partial charge in [-0.25, -0.2) is 13.4 Å². The first-order valence-corrected chi connectivity index (χ1v) is 9.68. The fraction of sp³-hybridized carbons (Fsp3) is 0.267. The largest absolute Gasteiger partial charge is 0.493 e. The maximum Gasteiger partial charge on any atom is 0.277 e. The molecule has 0 aliphatic carbocycles. The van der Waals surface area contributed by atoms with Crippen molar-refractivity contribution >= 4 is 30.8 Å². The number of rotatable bonds is 4. The van der Waals surface area contributed by atoms with Gasteiger partial charge < -0.3 is 9.72 Å². The second-order valence-corrected chi connectivity index (χ2v) is 7.92. The van der Waals surface area contributed by atoms with E-state index in [9.17, 15) is 13.2 Å². The summed E-state index contributed by atoms with van der Waals surface area (Å²) in [6, 6.07) is 4.14. The highest BCUT2D eigenvalue weighted by atomic mass is 35.7. The van der Waals surface area contributed by atoms with Crippen molar-refractivity contribution in [2.24, 2.45) is 7.05 Å². The quantitative estimate of drug-likeness (QED) is 0.691. The minimum absolute atomic E-state index is 0.113. The number of hydrogen-bond acceptors (Lipinski definition) is 6. The third-order valence-electron chi connectivity index (χ3n) is 3.65. The molecule has 0 saturated heterocycles. The summed E-state index contributed by atoms with van der Waals surface area (Å²) in [4.78, 5) is 19.4. The Balaban J connectivity index is 2.33. The monoisotopic (exact) mass is 382 g/mol. The predicted molar refractivity (Wildman–Crippen MR) is 93.5 cm³/mol. The van der Waals surface area contributed by atoms with Gasteiger partial charge in [-0.3, -0.25) is 9.48 Å². The maximum atomic E-state index is 12.4. The van der Waals surface area contributed by atoms with Crippen molar-refractivity contribution in [2.45, 2.75) is 18.7 Å². The molecule has 3 aromatic rings. The molecule has 3 rings (SSSR count). The minimum Gasteiger partial charge on any atom is -0.493 e. The van der Waals surface area contributed by atoms with Crippen LogP contribution in [-0.2, 0) is 16.1 Å². The van der Waals surface area contributed by atoms with E-state index in [1.807, 2.05) is 0 Å². The summed E-state index contributed by atoms with van der Waals surface area (Å²) in [5, 5.41) is 4.19. The number of halogens is 1. The Hall–Kier alpha value is -2.39. The molecule has 0 amide bonds. The molecule has 1 N–H and O–H groups in total. The van der Waals surface area contributed by atoms with Gasteiger partial charge in [-0.1, -0.05) is 0 Å². The van der Waals surface area contributed by atoms with Crippen molar-refractivity contribution in [2.75, 3.05) is 6.61 Å². The van der Waals surface area contributed by atoms with Crippen LogP contribution < -0.4 is 10.3 Å². The topological polar surface area (TPSA) is 107 Å². The Morgan fingerprint density at radius 2 is 2.08 bits per heavy atom. The number of hydrogen-bond donors (Lipinski definition) is 1. The number of H-pyrrole nitrogens is 1. The van der Waals surface area contributed by atoms with Gasteiger partial charge in [0.05, 0.1) is 22.8 Å². The number of aromatic amines is 1. The minimum atomic E-state index is -3.94. The highest BCUT2D eigenvalue weighted by Gasteiger charge is 2.19. The third kappa shape index (κ3) is 3.12. The molecule has 2 heterocycles. The highest BCUT2D eigenvalue weighted by molar-refractivity contribution is 8.13. The van der Waals surface area contributed by atoms with Crippen LogP contribution >= 0.6 is 10.7 Å². The van der Waals surface area contributed by atoms with Gasteiger partial charge in [-0.2, -0.15) is 5.10 Å². The molecule has 8 nitrogen and oxygen atoms in total. The number of benzene rings is 1. The second-order valence-electron chi connectivity index (χ2n) is 5.35. The summed E-state index contributed by atoms with van der Waals surface area (Å²) in [5.74, 6) is 0.565. The Labute approximate surface area is 147 Å². The standard InChI is InChI=1S/C15H15ClN4O4S/c1-4-24-11-6-5-9(25(16,22)23)7-10(11)14-17-12-8(2)19-20(3)13(12)15(21)18-14/h5-7H,4H2,1-3H3,(H,17,18,21). The van der Waals surface area contributed by atoms with Crippen LogP contribution in [0.2, 0.25) is 0 Å². The van der Waals surface area contributed by atoms with E-state index in [0.717, 1.165) is 0 Å². The van der Waals surface area contributed by atoms with Crippen molar-refractivity contribution < 1.29 is 13.2 Å². The Morgan fingerprint density at radius 1 is 1.36 bits per heavy atom. The molecular formula is C15H15ClN4O4S. The van der Waals surface area contributed by atoms with Crippen LogP contribution in [0.15, 0.2) is 27.9 Å². The molecule has 132 valence electrons. The van der Waals surface area contributed by atoms with Crippen LogP contribution in [0.5, 0.6) is 5.75 Å². The van der Waals surface area contributed by atoms with Gasteiger partial charge in [0.15, 0.2) is 5.52 Å². The van der Waals surface area contributed by atoms with Gasteiger partial charge in [-0.05, 0) is 32.0 Å². The van der Waals surface area contributed by atoms with E-state index in [1.54, 1.807) is 20.9 Å². The van der Waals surface area contributed by atoms with E-state index < -0.39 is 9.05 Å². The normalized spacial score (nSPS) is 11.8. The van der Waals surface area contributed by atoms with E-state index in [4.69, 9.17) is 15.4 Å². The summed E-state index contributed by atoms with van der Waals surface area (Å²) in [6.07, 6.45) is 0. The van der Waals surface area contributed by atoms with Gasteiger partial charge in [0.25, 0.3) is 14.6 Å². The van der Waals surface area contributed by atoms with E-state index in [-0.39, 0.29) is 16.3 Å². The number of fused-ring (bicyclic) bond motifs is 1. The first-order chi connectivity index (χ1) is 11.7. The van der Waals surface area contributed by atoms with Crippen molar-refractivity contribution in [1.82, 2.24) is 19.7 Å². The molecule has 0 fully saturated rings. The van der Waals surface area contributed by atoms with Crippen LogP contribution in [0, 0.1) is 6.92 Å². The predicted octanol–water partition coefficient (Wildman–Crippen LogP) is 1.96. The molecule has 25 heavy (non-hydrogen) atoms. The molecule has 1 aromatic carbocycles. The zero-order valence-corrected chi connectivity index (χ0v) is 15.3. The van der Waals surface area contributed by atoms with Crippen molar-refractivity contribution in [1.29, 1.82) is 0 Å². The first-order valence-electron chi connectivity index (χ1n) is 7.38. The fourth-order valence-electron chi connectivity index (χ4n) is 2.60. The SMILES string of the molecule is CCOc1ccc(S(=O)(=O)Cl)cc1-c1nc2c(C)nn(C)c2c(=O)[nH]1. The van der Waals surface area contributed by atoms with Gasteiger partial charge in [-0.15, -0.1) is 0 Å². The number of aromatic nitrogens is 4. The lowest BCUT2D eigenvalue weighted by Gasteiger charge is -2.11. The number of nitrogens with zero attached hydrogens (tertiary/aromatic N) is 3. The van der Waals surface area contributed by atoms with Crippen molar-refractivity contribution in [3.63, 3.8) is 0 Å². The Morgan fingerprint density at radius 3 is 2.72 bits per heavy atom.